The number of halogens is 1. The van der Waals surface area contributed by atoms with Crippen LogP contribution in [-0.4, -0.2) is 36.4 Å². The third-order valence-electron chi connectivity index (χ3n) is 3.39. The average Bonchev–Trinajstić information content (AvgIpc) is 2.38. The smallest absolute Gasteiger partial charge is 0.304 e. The van der Waals surface area contributed by atoms with E-state index in [9.17, 15) is 17.6 Å². The van der Waals surface area contributed by atoms with E-state index < -0.39 is 27.9 Å². The van der Waals surface area contributed by atoms with Gasteiger partial charge in [-0.05, 0) is 31.0 Å². The summed E-state index contributed by atoms with van der Waals surface area (Å²) >= 11 is 0. The van der Waals surface area contributed by atoms with Gasteiger partial charge in [-0.25, -0.2) is 12.8 Å². The van der Waals surface area contributed by atoms with Gasteiger partial charge in [-0.3, -0.25) is 4.79 Å². The normalized spacial score (nSPS) is 20.8. The SMILES string of the molecule is O=C(O)CC1CCCCN1S(=O)(=O)c1cccc(F)c1. The first-order chi connectivity index (χ1) is 9.41. The van der Waals surface area contributed by atoms with Crippen molar-refractivity contribution in [2.45, 2.75) is 36.6 Å². The number of benzene rings is 1. The molecule has 110 valence electrons. The number of hydrogen-bond donors (Lipinski definition) is 1. The number of carboxylic acid groups (broad SMARTS) is 1. The van der Waals surface area contributed by atoms with E-state index in [1.54, 1.807) is 0 Å². The zero-order valence-electron chi connectivity index (χ0n) is 10.8. The Hall–Kier alpha value is -1.47. The molecule has 0 bridgehead atoms. The molecule has 1 unspecified atom stereocenters. The topological polar surface area (TPSA) is 74.7 Å². The Balaban J connectivity index is 2.33. The Morgan fingerprint density at radius 2 is 2.15 bits per heavy atom. The molecule has 1 aliphatic heterocycles. The molecular weight excluding hydrogens is 285 g/mol. The molecule has 5 nitrogen and oxygen atoms in total. The number of sulfonamides is 1. The number of hydrogen-bond acceptors (Lipinski definition) is 3. The molecule has 2 rings (SSSR count). The van der Waals surface area contributed by atoms with E-state index in [0.29, 0.717) is 12.8 Å². The van der Waals surface area contributed by atoms with Crippen LogP contribution in [0.25, 0.3) is 0 Å². The molecule has 1 N–H and O–H groups in total. The van der Waals surface area contributed by atoms with Crippen molar-refractivity contribution >= 4 is 16.0 Å². The lowest BCUT2D eigenvalue weighted by molar-refractivity contribution is -0.138. The van der Waals surface area contributed by atoms with E-state index in [2.05, 4.69) is 0 Å². The lowest BCUT2D eigenvalue weighted by Crippen LogP contribution is -2.44. The number of piperidine rings is 1. The third kappa shape index (κ3) is 3.16. The van der Waals surface area contributed by atoms with Crippen LogP contribution < -0.4 is 0 Å². The molecule has 1 aromatic carbocycles. The lowest BCUT2D eigenvalue weighted by Gasteiger charge is -2.33. The van der Waals surface area contributed by atoms with Gasteiger partial charge in [-0.15, -0.1) is 0 Å². The van der Waals surface area contributed by atoms with Crippen molar-refractivity contribution in [2.24, 2.45) is 0 Å². The predicted molar refractivity (Wildman–Crippen MR) is 70.2 cm³/mol. The molecule has 1 heterocycles. The highest BCUT2D eigenvalue weighted by Gasteiger charge is 2.34. The average molecular weight is 301 g/mol. The number of carboxylic acids is 1. The van der Waals surface area contributed by atoms with Gasteiger partial charge in [0.25, 0.3) is 0 Å². The molecule has 0 saturated carbocycles. The molecule has 0 amide bonds. The van der Waals surface area contributed by atoms with Gasteiger partial charge in [0, 0.05) is 12.6 Å². The van der Waals surface area contributed by atoms with Crippen LogP contribution in [0.3, 0.4) is 0 Å². The standard InChI is InChI=1S/C13H16FNO4S/c14-10-4-3-6-12(8-10)20(18,19)15-7-2-1-5-11(15)9-13(16)17/h3-4,6,8,11H,1-2,5,7,9H2,(H,16,17). The quantitative estimate of drug-likeness (QED) is 0.921. The largest absolute Gasteiger partial charge is 0.481 e. The summed E-state index contributed by atoms with van der Waals surface area (Å²) in [6, 6.07) is 4.23. The molecule has 0 radical (unpaired) electrons. The summed E-state index contributed by atoms with van der Waals surface area (Å²) in [5.41, 5.74) is 0. The van der Waals surface area contributed by atoms with Crippen molar-refractivity contribution in [3.8, 4) is 0 Å². The van der Waals surface area contributed by atoms with Gasteiger partial charge in [-0.1, -0.05) is 12.5 Å². The van der Waals surface area contributed by atoms with Crippen LogP contribution in [-0.2, 0) is 14.8 Å². The van der Waals surface area contributed by atoms with Crippen molar-refractivity contribution in [1.82, 2.24) is 4.31 Å². The Labute approximate surface area is 117 Å². The predicted octanol–water partition coefficient (Wildman–Crippen LogP) is 1.84. The van der Waals surface area contributed by atoms with Crippen molar-refractivity contribution in [1.29, 1.82) is 0 Å². The van der Waals surface area contributed by atoms with Crippen molar-refractivity contribution in [2.75, 3.05) is 6.54 Å². The number of rotatable bonds is 4. The van der Waals surface area contributed by atoms with E-state index in [1.165, 1.54) is 22.5 Å². The number of nitrogens with zero attached hydrogens (tertiary/aromatic N) is 1. The van der Waals surface area contributed by atoms with Gasteiger partial charge < -0.3 is 5.11 Å². The third-order valence-corrected chi connectivity index (χ3v) is 5.33. The summed E-state index contributed by atoms with van der Waals surface area (Å²) in [4.78, 5) is 10.7. The van der Waals surface area contributed by atoms with E-state index in [-0.39, 0.29) is 17.9 Å². The van der Waals surface area contributed by atoms with Crippen LogP contribution in [0.1, 0.15) is 25.7 Å². The van der Waals surface area contributed by atoms with Crippen LogP contribution in [0.5, 0.6) is 0 Å². The minimum absolute atomic E-state index is 0.130. The molecule has 20 heavy (non-hydrogen) atoms. The fourth-order valence-electron chi connectivity index (χ4n) is 2.46. The zero-order valence-corrected chi connectivity index (χ0v) is 11.6. The summed E-state index contributed by atoms with van der Waals surface area (Å²) in [7, 11) is -3.85. The number of aliphatic carboxylic acids is 1. The second kappa shape index (κ2) is 5.88. The first kappa shape index (κ1) is 14.9. The van der Waals surface area contributed by atoms with Gasteiger partial charge >= 0.3 is 5.97 Å². The second-order valence-corrected chi connectivity index (χ2v) is 6.71. The number of carbonyl (C=O) groups is 1. The second-order valence-electron chi connectivity index (χ2n) is 4.82. The minimum Gasteiger partial charge on any atom is -0.481 e. The molecule has 1 saturated heterocycles. The Kier molecular flexibility index (Phi) is 4.39. The van der Waals surface area contributed by atoms with Crippen molar-refractivity contribution in [3.05, 3.63) is 30.1 Å². The minimum atomic E-state index is -3.85. The van der Waals surface area contributed by atoms with Gasteiger partial charge in [-0.2, -0.15) is 4.31 Å². The molecule has 1 atom stereocenters. The fraction of sp³-hybridized carbons (Fsp3) is 0.462. The van der Waals surface area contributed by atoms with Crippen LogP contribution in [0.4, 0.5) is 4.39 Å². The molecule has 1 fully saturated rings. The highest BCUT2D eigenvalue weighted by molar-refractivity contribution is 7.89. The first-order valence-electron chi connectivity index (χ1n) is 6.40. The monoisotopic (exact) mass is 301 g/mol. The summed E-state index contributed by atoms with van der Waals surface area (Å²) in [5, 5.41) is 8.88. The Morgan fingerprint density at radius 1 is 1.40 bits per heavy atom. The molecule has 1 aromatic rings. The van der Waals surface area contributed by atoms with Crippen molar-refractivity contribution in [3.63, 3.8) is 0 Å². The maximum Gasteiger partial charge on any atom is 0.304 e. The van der Waals surface area contributed by atoms with Gasteiger partial charge in [0.1, 0.15) is 5.82 Å². The van der Waals surface area contributed by atoms with Crippen LogP contribution in [0, 0.1) is 5.82 Å². The molecule has 7 heteroatoms. The maximum absolute atomic E-state index is 13.2. The summed E-state index contributed by atoms with van der Waals surface area (Å²) < 4.78 is 39.4. The van der Waals surface area contributed by atoms with E-state index in [0.717, 1.165) is 12.5 Å². The highest BCUT2D eigenvalue weighted by atomic mass is 32.2. The van der Waals surface area contributed by atoms with Gasteiger partial charge in [0.15, 0.2) is 0 Å². The first-order valence-corrected chi connectivity index (χ1v) is 7.84. The highest BCUT2D eigenvalue weighted by Crippen LogP contribution is 2.27. The Morgan fingerprint density at radius 3 is 2.80 bits per heavy atom. The van der Waals surface area contributed by atoms with Crippen LogP contribution >= 0.6 is 0 Å². The van der Waals surface area contributed by atoms with Gasteiger partial charge in [0.2, 0.25) is 10.0 Å². The zero-order chi connectivity index (χ0) is 14.8. The van der Waals surface area contributed by atoms with E-state index in [4.69, 9.17) is 5.11 Å². The fourth-order valence-corrected chi connectivity index (χ4v) is 4.18. The Bertz CT molecular complexity index is 602. The van der Waals surface area contributed by atoms with Crippen LogP contribution in [0.15, 0.2) is 29.2 Å². The molecular formula is C13H16FNO4S. The molecule has 0 aliphatic carbocycles. The van der Waals surface area contributed by atoms with E-state index in [1.807, 2.05) is 0 Å². The molecule has 0 aromatic heterocycles. The lowest BCUT2D eigenvalue weighted by atomic mass is 10.0. The molecule has 0 spiro atoms. The van der Waals surface area contributed by atoms with Crippen LogP contribution in [0.2, 0.25) is 0 Å². The van der Waals surface area contributed by atoms with E-state index >= 15 is 0 Å². The summed E-state index contributed by atoms with van der Waals surface area (Å²) in [6.07, 6.45) is 1.77. The van der Waals surface area contributed by atoms with Gasteiger partial charge in [0.05, 0.1) is 11.3 Å². The summed E-state index contributed by atoms with van der Waals surface area (Å²) in [5.74, 6) is -1.66. The van der Waals surface area contributed by atoms with Crippen molar-refractivity contribution < 1.29 is 22.7 Å². The molecule has 1 aliphatic rings. The summed E-state index contributed by atoms with van der Waals surface area (Å²) in [6.45, 7) is 0.275. The maximum atomic E-state index is 13.2.